The largest absolute Gasteiger partial charge is 0.418 e. The summed E-state index contributed by atoms with van der Waals surface area (Å²) in [6, 6.07) is 19.0. The van der Waals surface area contributed by atoms with Gasteiger partial charge in [-0.05, 0) is 42.5 Å². The maximum absolute atomic E-state index is 13.2. The maximum Gasteiger partial charge on any atom is 0.418 e. The number of alkyl halides is 3. The molecule has 4 nitrogen and oxygen atoms in total. The van der Waals surface area contributed by atoms with Gasteiger partial charge in [-0.1, -0.05) is 53.7 Å². The fraction of sp³-hybridized carbons (Fsp3) is 0.0476. The minimum Gasteiger partial charge on any atom is -0.317 e. The molecule has 0 aliphatic heterocycles. The van der Waals surface area contributed by atoms with Crippen LogP contribution in [-0.4, -0.2) is 11.8 Å². The summed E-state index contributed by atoms with van der Waals surface area (Å²) in [5.41, 5.74) is -1.34. The smallest absolute Gasteiger partial charge is 0.317 e. The molecule has 0 aliphatic carbocycles. The highest BCUT2D eigenvalue weighted by molar-refractivity contribution is 7.99. The van der Waals surface area contributed by atoms with Crippen molar-refractivity contribution in [1.82, 2.24) is 0 Å². The first-order valence-electron chi connectivity index (χ1n) is 8.55. The van der Waals surface area contributed by atoms with Crippen molar-refractivity contribution in [3.63, 3.8) is 0 Å². The lowest BCUT2D eigenvalue weighted by molar-refractivity contribution is -0.137. The molecule has 30 heavy (non-hydrogen) atoms. The van der Waals surface area contributed by atoms with E-state index in [9.17, 15) is 22.8 Å². The number of rotatable bonds is 4. The monoisotopic (exact) mass is 450 g/mol. The number of anilines is 2. The Bertz CT molecular complexity index is 1080. The number of carbonyl (C=O) groups excluding carboxylic acids is 2. The molecule has 0 spiro atoms. The predicted molar refractivity (Wildman–Crippen MR) is 111 cm³/mol. The number of para-hydroxylation sites is 1. The Kier molecular flexibility index (Phi) is 6.69. The Morgan fingerprint density at radius 1 is 0.800 bits per heavy atom. The quantitative estimate of drug-likeness (QED) is 0.473. The summed E-state index contributed by atoms with van der Waals surface area (Å²) in [4.78, 5) is 26.1. The molecule has 2 amide bonds. The Hall–Kier alpha value is -2.97. The summed E-state index contributed by atoms with van der Waals surface area (Å²) in [6.45, 7) is 0. The Balaban J connectivity index is 1.76. The lowest BCUT2D eigenvalue weighted by atomic mass is 10.1. The normalized spacial score (nSPS) is 11.1. The molecule has 0 aromatic heterocycles. The molecule has 0 bridgehead atoms. The van der Waals surface area contributed by atoms with E-state index in [1.54, 1.807) is 24.3 Å². The second-order valence-corrected chi connectivity index (χ2v) is 7.56. The molecule has 0 saturated heterocycles. The summed E-state index contributed by atoms with van der Waals surface area (Å²) in [5, 5.41) is 4.30. The third kappa shape index (κ3) is 5.55. The van der Waals surface area contributed by atoms with E-state index in [-0.39, 0.29) is 5.02 Å². The summed E-state index contributed by atoms with van der Waals surface area (Å²) in [7, 11) is 0. The number of hydrogen-bond acceptors (Lipinski definition) is 3. The van der Waals surface area contributed by atoms with Crippen LogP contribution in [0.3, 0.4) is 0 Å². The minimum atomic E-state index is -4.75. The van der Waals surface area contributed by atoms with Crippen molar-refractivity contribution in [3.8, 4) is 0 Å². The van der Waals surface area contributed by atoms with Crippen molar-refractivity contribution in [2.45, 2.75) is 16.0 Å². The molecule has 3 aromatic carbocycles. The van der Waals surface area contributed by atoms with E-state index in [0.29, 0.717) is 16.6 Å². The molecule has 0 radical (unpaired) electrons. The van der Waals surface area contributed by atoms with Crippen LogP contribution in [-0.2, 0) is 15.8 Å². The third-order valence-corrected chi connectivity index (χ3v) is 5.17. The fourth-order valence-electron chi connectivity index (χ4n) is 2.49. The molecule has 3 aromatic rings. The van der Waals surface area contributed by atoms with Crippen LogP contribution >= 0.6 is 23.4 Å². The number of nitrogens with one attached hydrogen (secondary N) is 2. The molecule has 0 saturated carbocycles. The number of halogens is 4. The van der Waals surface area contributed by atoms with Gasteiger partial charge in [0.1, 0.15) is 0 Å². The summed E-state index contributed by atoms with van der Waals surface area (Å²) >= 11 is 6.99. The molecule has 3 rings (SSSR count). The fourth-order valence-corrected chi connectivity index (χ4v) is 3.59. The topological polar surface area (TPSA) is 58.2 Å². The van der Waals surface area contributed by atoms with E-state index < -0.39 is 29.2 Å². The van der Waals surface area contributed by atoms with Gasteiger partial charge in [-0.25, -0.2) is 0 Å². The molecule has 0 atom stereocenters. The van der Waals surface area contributed by atoms with Crippen LogP contribution in [0.2, 0.25) is 5.02 Å². The third-order valence-electron chi connectivity index (χ3n) is 3.85. The first kappa shape index (κ1) is 21.7. The van der Waals surface area contributed by atoms with Crippen LogP contribution in [0.15, 0.2) is 82.6 Å². The van der Waals surface area contributed by atoms with Crippen LogP contribution in [0.25, 0.3) is 0 Å². The molecule has 9 heteroatoms. The number of benzene rings is 3. The van der Waals surface area contributed by atoms with E-state index in [1.807, 2.05) is 35.6 Å². The van der Waals surface area contributed by atoms with Gasteiger partial charge in [-0.15, -0.1) is 0 Å². The van der Waals surface area contributed by atoms with Crippen molar-refractivity contribution in [2.75, 3.05) is 10.6 Å². The van der Waals surface area contributed by atoms with E-state index in [2.05, 4.69) is 5.32 Å². The maximum atomic E-state index is 13.2. The zero-order valence-corrected chi connectivity index (χ0v) is 16.7. The minimum absolute atomic E-state index is 0.142. The van der Waals surface area contributed by atoms with Gasteiger partial charge in [0.2, 0.25) is 0 Å². The lowest BCUT2D eigenvalue weighted by Gasteiger charge is -2.14. The molecular formula is C21H14ClF3N2O2S. The van der Waals surface area contributed by atoms with Crippen molar-refractivity contribution < 1.29 is 22.8 Å². The van der Waals surface area contributed by atoms with E-state index in [0.717, 1.165) is 11.0 Å². The van der Waals surface area contributed by atoms with Crippen LogP contribution in [0, 0.1) is 0 Å². The Morgan fingerprint density at radius 3 is 2.07 bits per heavy atom. The van der Waals surface area contributed by atoms with Crippen molar-refractivity contribution in [3.05, 3.63) is 83.4 Å². The molecular weight excluding hydrogens is 437 g/mol. The number of carbonyl (C=O) groups is 2. The summed E-state index contributed by atoms with van der Waals surface area (Å²) < 4.78 is 39.5. The van der Waals surface area contributed by atoms with E-state index in [1.165, 1.54) is 17.8 Å². The lowest BCUT2D eigenvalue weighted by Crippen LogP contribution is -2.30. The predicted octanol–water partition coefficient (Wildman–Crippen LogP) is 6.09. The molecule has 2 N–H and O–H groups in total. The Labute approximate surface area is 179 Å². The molecule has 154 valence electrons. The van der Waals surface area contributed by atoms with Crippen LogP contribution in [0.4, 0.5) is 24.5 Å². The van der Waals surface area contributed by atoms with Crippen molar-refractivity contribution in [2.24, 2.45) is 0 Å². The number of amides is 2. The highest BCUT2D eigenvalue weighted by Gasteiger charge is 2.34. The van der Waals surface area contributed by atoms with Gasteiger partial charge < -0.3 is 10.6 Å². The van der Waals surface area contributed by atoms with E-state index in [4.69, 9.17) is 11.6 Å². The molecule has 0 unspecified atom stereocenters. The van der Waals surface area contributed by atoms with Gasteiger partial charge >= 0.3 is 18.0 Å². The zero-order chi connectivity index (χ0) is 21.7. The van der Waals surface area contributed by atoms with Crippen molar-refractivity contribution >= 4 is 46.6 Å². The average Bonchev–Trinajstić information content (AvgIpc) is 2.70. The van der Waals surface area contributed by atoms with Gasteiger partial charge in [-0.3, -0.25) is 9.59 Å². The van der Waals surface area contributed by atoms with Crippen molar-refractivity contribution in [1.29, 1.82) is 0 Å². The van der Waals surface area contributed by atoms with Gasteiger partial charge in [-0.2, -0.15) is 13.2 Å². The molecule has 0 heterocycles. The van der Waals surface area contributed by atoms with Gasteiger partial charge in [0.15, 0.2) is 0 Å². The van der Waals surface area contributed by atoms with E-state index >= 15 is 0 Å². The highest BCUT2D eigenvalue weighted by atomic mass is 35.5. The average molecular weight is 451 g/mol. The highest BCUT2D eigenvalue weighted by Crippen LogP contribution is 2.37. The zero-order valence-electron chi connectivity index (χ0n) is 15.2. The van der Waals surface area contributed by atoms with Crippen LogP contribution < -0.4 is 10.6 Å². The first-order valence-corrected chi connectivity index (χ1v) is 9.74. The second-order valence-electron chi connectivity index (χ2n) is 6.01. The van der Waals surface area contributed by atoms with Gasteiger partial charge in [0.05, 0.1) is 16.9 Å². The SMILES string of the molecule is O=C(Nc1ccccc1Sc1ccccc1)C(=O)Nc1ccc(Cl)cc1C(F)(F)F. The standard InChI is InChI=1S/C21H14ClF3N2O2S/c22-13-10-11-16(15(12-13)21(23,24)25)26-19(28)20(29)27-17-8-4-5-9-18(17)30-14-6-2-1-3-7-14/h1-12H,(H,26,28)(H,27,29). The molecule has 0 aliphatic rings. The number of hydrogen-bond donors (Lipinski definition) is 2. The summed E-state index contributed by atoms with van der Waals surface area (Å²) in [5.74, 6) is -2.33. The van der Waals surface area contributed by atoms with Crippen LogP contribution in [0.5, 0.6) is 0 Å². The van der Waals surface area contributed by atoms with Crippen LogP contribution in [0.1, 0.15) is 5.56 Å². The second kappa shape index (κ2) is 9.23. The molecule has 0 fully saturated rings. The van der Waals surface area contributed by atoms with Gasteiger partial charge in [0.25, 0.3) is 0 Å². The Morgan fingerprint density at radius 2 is 1.40 bits per heavy atom. The van der Waals surface area contributed by atoms with Gasteiger partial charge in [0, 0.05) is 14.8 Å². The first-order chi connectivity index (χ1) is 14.2. The summed E-state index contributed by atoms with van der Waals surface area (Å²) in [6.07, 6.45) is -4.75.